The minimum atomic E-state index is 0.00118. The third kappa shape index (κ3) is 2.78. The van der Waals surface area contributed by atoms with Crippen LogP contribution in [0.5, 0.6) is 0 Å². The van der Waals surface area contributed by atoms with Crippen molar-refractivity contribution in [3.8, 4) is 0 Å². The molecule has 4 heteroatoms. The van der Waals surface area contributed by atoms with E-state index in [1.165, 1.54) is 25.7 Å². The number of likely N-dealkylation sites (tertiary alicyclic amines) is 2. The zero-order chi connectivity index (χ0) is 15.8. The average Bonchev–Trinajstić information content (AvgIpc) is 3.23. The molecule has 2 amide bonds. The van der Waals surface area contributed by atoms with Crippen molar-refractivity contribution in [2.24, 2.45) is 23.7 Å². The summed E-state index contributed by atoms with van der Waals surface area (Å²) < 4.78 is 0. The van der Waals surface area contributed by atoms with Crippen LogP contribution in [-0.4, -0.2) is 47.8 Å². The fourth-order valence-electron chi connectivity index (χ4n) is 5.65. The Morgan fingerprint density at radius 2 is 1.00 bits per heavy atom. The van der Waals surface area contributed by atoms with Crippen molar-refractivity contribution in [2.75, 3.05) is 26.2 Å². The highest BCUT2D eigenvalue weighted by molar-refractivity contribution is 5.89. The Morgan fingerprint density at radius 1 is 0.609 bits per heavy atom. The molecular weight excluding hydrogens is 288 g/mol. The van der Waals surface area contributed by atoms with Gasteiger partial charge in [0.05, 0.1) is 11.8 Å². The molecular formula is C19H30N2O2. The number of piperidine rings is 2. The highest BCUT2D eigenvalue weighted by Crippen LogP contribution is 2.53. The second-order valence-electron chi connectivity index (χ2n) is 8.16. The average molecular weight is 318 g/mol. The summed E-state index contributed by atoms with van der Waals surface area (Å²) in [5, 5.41) is 0. The van der Waals surface area contributed by atoms with Gasteiger partial charge in [-0.1, -0.05) is 0 Å². The SMILES string of the molecule is O=C([C@H]1[C@@H]2CC[C@@H](C2)[C@@H]1C(=O)N1CCCCC1)N1CCCCC1. The van der Waals surface area contributed by atoms with Crippen molar-refractivity contribution in [2.45, 2.75) is 57.8 Å². The molecule has 4 atom stereocenters. The Kier molecular flexibility index (Phi) is 4.33. The molecule has 4 aliphatic rings. The van der Waals surface area contributed by atoms with Crippen molar-refractivity contribution < 1.29 is 9.59 Å². The summed E-state index contributed by atoms with van der Waals surface area (Å²) >= 11 is 0. The Bertz CT molecular complexity index is 424. The van der Waals surface area contributed by atoms with E-state index in [0.717, 1.165) is 58.3 Å². The van der Waals surface area contributed by atoms with E-state index < -0.39 is 0 Å². The minimum absolute atomic E-state index is 0.00118. The zero-order valence-electron chi connectivity index (χ0n) is 14.2. The summed E-state index contributed by atoms with van der Waals surface area (Å²) in [7, 11) is 0. The van der Waals surface area contributed by atoms with E-state index in [0.29, 0.717) is 23.7 Å². The lowest BCUT2D eigenvalue weighted by molar-refractivity contribution is -0.149. The first-order chi connectivity index (χ1) is 11.3. The van der Waals surface area contributed by atoms with Crippen LogP contribution in [0.2, 0.25) is 0 Å². The number of hydrogen-bond acceptors (Lipinski definition) is 2. The molecule has 0 aromatic rings. The molecule has 2 saturated carbocycles. The second-order valence-corrected chi connectivity index (χ2v) is 8.16. The second kappa shape index (κ2) is 6.45. The van der Waals surface area contributed by atoms with Gasteiger partial charge in [-0.25, -0.2) is 0 Å². The van der Waals surface area contributed by atoms with Crippen LogP contribution < -0.4 is 0 Å². The molecule has 128 valence electrons. The molecule has 0 aromatic carbocycles. The number of amides is 2. The Labute approximate surface area is 139 Å². The summed E-state index contributed by atoms with van der Waals surface area (Å²) in [4.78, 5) is 30.4. The third-order valence-corrected chi connectivity index (χ3v) is 6.82. The zero-order valence-corrected chi connectivity index (χ0v) is 14.2. The number of fused-ring (bicyclic) bond motifs is 2. The van der Waals surface area contributed by atoms with Gasteiger partial charge in [-0.2, -0.15) is 0 Å². The van der Waals surface area contributed by atoms with Crippen LogP contribution >= 0.6 is 0 Å². The molecule has 4 rings (SSSR count). The van der Waals surface area contributed by atoms with Crippen LogP contribution in [0, 0.1) is 23.7 Å². The van der Waals surface area contributed by atoms with Gasteiger partial charge in [0, 0.05) is 26.2 Å². The molecule has 2 aliphatic carbocycles. The van der Waals surface area contributed by atoms with Gasteiger partial charge in [0.25, 0.3) is 0 Å². The molecule has 2 bridgehead atoms. The Balaban J connectivity index is 1.51. The maximum absolute atomic E-state index is 13.1. The molecule has 0 N–H and O–H groups in total. The minimum Gasteiger partial charge on any atom is -0.342 e. The first kappa shape index (κ1) is 15.5. The van der Waals surface area contributed by atoms with E-state index in [4.69, 9.17) is 0 Å². The van der Waals surface area contributed by atoms with Crippen molar-refractivity contribution >= 4 is 11.8 Å². The van der Waals surface area contributed by atoms with Gasteiger partial charge in [-0.15, -0.1) is 0 Å². The largest absolute Gasteiger partial charge is 0.342 e. The molecule has 2 aliphatic heterocycles. The summed E-state index contributed by atoms with van der Waals surface area (Å²) in [5.74, 6) is 1.59. The third-order valence-electron chi connectivity index (χ3n) is 6.82. The molecule has 23 heavy (non-hydrogen) atoms. The normalized spacial score (nSPS) is 37.2. The lowest BCUT2D eigenvalue weighted by Crippen LogP contribution is -2.49. The van der Waals surface area contributed by atoms with Crippen molar-refractivity contribution in [3.05, 3.63) is 0 Å². The van der Waals surface area contributed by atoms with E-state index in [1.54, 1.807) is 0 Å². The fourth-order valence-corrected chi connectivity index (χ4v) is 5.65. The summed E-state index contributed by atoms with van der Waals surface area (Å²) in [6, 6.07) is 0. The maximum Gasteiger partial charge on any atom is 0.226 e. The van der Waals surface area contributed by atoms with Crippen LogP contribution in [0.3, 0.4) is 0 Å². The molecule has 4 nitrogen and oxygen atoms in total. The molecule has 0 aromatic heterocycles. The number of carbonyl (C=O) groups is 2. The van der Waals surface area contributed by atoms with Gasteiger partial charge >= 0.3 is 0 Å². The van der Waals surface area contributed by atoms with Gasteiger partial charge in [0.15, 0.2) is 0 Å². The van der Waals surface area contributed by atoms with Crippen LogP contribution in [0.15, 0.2) is 0 Å². The summed E-state index contributed by atoms with van der Waals surface area (Å²) in [5.41, 5.74) is 0. The molecule has 2 saturated heterocycles. The summed E-state index contributed by atoms with van der Waals surface area (Å²) in [6.45, 7) is 3.66. The van der Waals surface area contributed by atoms with Crippen LogP contribution in [-0.2, 0) is 9.59 Å². The maximum atomic E-state index is 13.1. The quantitative estimate of drug-likeness (QED) is 0.785. The monoisotopic (exact) mass is 318 g/mol. The van der Waals surface area contributed by atoms with Crippen molar-refractivity contribution in [1.29, 1.82) is 0 Å². The number of nitrogens with zero attached hydrogens (tertiary/aromatic N) is 2. The van der Waals surface area contributed by atoms with Crippen molar-refractivity contribution in [1.82, 2.24) is 9.80 Å². The van der Waals surface area contributed by atoms with E-state index in [-0.39, 0.29) is 11.8 Å². The van der Waals surface area contributed by atoms with Gasteiger partial charge in [-0.05, 0) is 69.6 Å². The van der Waals surface area contributed by atoms with Gasteiger partial charge in [-0.3, -0.25) is 9.59 Å². The van der Waals surface area contributed by atoms with E-state index in [2.05, 4.69) is 9.80 Å². The van der Waals surface area contributed by atoms with Gasteiger partial charge < -0.3 is 9.80 Å². The highest BCUT2D eigenvalue weighted by atomic mass is 16.2. The smallest absolute Gasteiger partial charge is 0.226 e. The van der Waals surface area contributed by atoms with E-state index >= 15 is 0 Å². The Hall–Kier alpha value is -1.06. The van der Waals surface area contributed by atoms with Gasteiger partial charge in [0.1, 0.15) is 0 Å². The van der Waals surface area contributed by atoms with Crippen LogP contribution in [0.1, 0.15) is 57.8 Å². The standard InChI is InChI=1S/C19H30N2O2/c22-18(20-9-3-1-4-10-20)16-14-7-8-15(13-14)17(16)19(23)21-11-5-2-6-12-21/h14-17H,1-13H2/t14-,15+,16-,17-/m0/s1. The Morgan fingerprint density at radius 3 is 1.39 bits per heavy atom. The topological polar surface area (TPSA) is 40.6 Å². The summed E-state index contributed by atoms with van der Waals surface area (Å²) in [6.07, 6.45) is 10.5. The molecule has 4 fully saturated rings. The first-order valence-corrected chi connectivity index (χ1v) is 9.83. The van der Waals surface area contributed by atoms with Crippen molar-refractivity contribution in [3.63, 3.8) is 0 Å². The number of hydrogen-bond donors (Lipinski definition) is 0. The van der Waals surface area contributed by atoms with E-state index in [9.17, 15) is 9.59 Å². The highest BCUT2D eigenvalue weighted by Gasteiger charge is 2.55. The number of carbonyl (C=O) groups excluding carboxylic acids is 2. The molecule has 0 radical (unpaired) electrons. The first-order valence-electron chi connectivity index (χ1n) is 9.83. The van der Waals surface area contributed by atoms with Crippen LogP contribution in [0.4, 0.5) is 0 Å². The lowest BCUT2D eigenvalue weighted by Gasteiger charge is -2.38. The van der Waals surface area contributed by atoms with Gasteiger partial charge in [0.2, 0.25) is 11.8 Å². The number of rotatable bonds is 2. The van der Waals surface area contributed by atoms with Crippen LogP contribution in [0.25, 0.3) is 0 Å². The lowest BCUT2D eigenvalue weighted by atomic mass is 9.77. The molecule has 0 unspecified atom stereocenters. The molecule has 2 heterocycles. The van der Waals surface area contributed by atoms with E-state index in [1.807, 2.05) is 0 Å². The predicted octanol–water partition coefficient (Wildman–Crippen LogP) is 2.67. The fraction of sp³-hybridized carbons (Fsp3) is 0.895. The predicted molar refractivity (Wildman–Crippen MR) is 88.7 cm³/mol. The molecule has 0 spiro atoms.